The zero-order chi connectivity index (χ0) is 19.3. The van der Waals surface area contributed by atoms with E-state index in [1.807, 2.05) is 35.4 Å². The van der Waals surface area contributed by atoms with Crippen molar-refractivity contribution in [3.8, 4) is 0 Å². The average Bonchev–Trinajstić information content (AvgIpc) is 3.18. The lowest BCUT2D eigenvalue weighted by Crippen LogP contribution is -2.44. The van der Waals surface area contributed by atoms with Crippen molar-refractivity contribution in [1.29, 1.82) is 0 Å². The summed E-state index contributed by atoms with van der Waals surface area (Å²) in [5.74, 6) is -0.0374. The highest BCUT2D eigenvalue weighted by molar-refractivity contribution is 5.80. The summed E-state index contributed by atoms with van der Waals surface area (Å²) in [6, 6.07) is 10.8. The summed E-state index contributed by atoms with van der Waals surface area (Å²) in [4.78, 5) is 19.3. The molecule has 0 unspecified atom stereocenters. The van der Waals surface area contributed by atoms with E-state index in [0.717, 1.165) is 30.5 Å². The first-order valence-corrected chi connectivity index (χ1v) is 9.95. The van der Waals surface area contributed by atoms with Crippen molar-refractivity contribution < 1.29 is 13.9 Å². The number of pyridine rings is 1. The standard InChI is InChI=1S/C22H26FN3O2/c23-18-5-3-17(4-6-18)20-12-19(25-15-16-2-1-7-24-14-16)13-21(20)22(27)26-8-10-28-11-9-26/h1-7,14,19-21,25H,8-13,15H2/t19-,20+,21-/m0/s1. The molecule has 0 bridgehead atoms. The second kappa shape index (κ2) is 8.80. The monoisotopic (exact) mass is 383 g/mol. The maximum absolute atomic E-state index is 13.4. The van der Waals surface area contributed by atoms with Crippen molar-refractivity contribution >= 4 is 5.91 Å². The number of aromatic nitrogens is 1. The Hall–Kier alpha value is -2.31. The second-order valence-corrected chi connectivity index (χ2v) is 7.61. The van der Waals surface area contributed by atoms with E-state index in [4.69, 9.17) is 4.74 Å². The van der Waals surface area contributed by atoms with Gasteiger partial charge in [-0.1, -0.05) is 18.2 Å². The number of nitrogens with one attached hydrogen (secondary N) is 1. The number of rotatable bonds is 5. The highest BCUT2D eigenvalue weighted by atomic mass is 19.1. The third-order valence-electron chi connectivity index (χ3n) is 5.82. The lowest BCUT2D eigenvalue weighted by atomic mass is 9.88. The third-order valence-corrected chi connectivity index (χ3v) is 5.82. The van der Waals surface area contributed by atoms with Gasteiger partial charge in [0.15, 0.2) is 0 Å². The highest BCUT2D eigenvalue weighted by Gasteiger charge is 2.41. The van der Waals surface area contributed by atoms with Crippen LogP contribution in [0, 0.1) is 11.7 Å². The van der Waals surface area contributed by atoms with E-state index in [9.17, 15) is 9.18 Å². The molecule has 2 fully saturated rings. The molecule has 1 aliphatic heterocycles. The van der Waals surface area contributed by atoms with Crippen LogP contribution in [-0.4, -0.2) is 48.1 Å². The van der Waals surface area contributed by atoms with Crippen molar-refractivity contribution in [1.82, 2.24) is 15.2 Å². The summed E-state index contributed by atoms with van der Waals surface area (Å²) < 4.78 is 18.8. The van der Waals surface area contributed by atoms with Crippen LogP contribution in [-0.2, 0) is 16.1 Å². The zero-order valence-electron chi connectivity index (χ0n) is 15.9. The topological polar surface area (TPSA) is 54.5 Å². The molecule has 1 aliphatic carbocycles. The molecule has 1 aromatic heterocycles. The second-order valence-electron chi connectivity index (χ2n) is 7.61. The molecule has 2 aliphatic rings. The van der Waals surface area contributed by atoms with E-state index in [1.54, 1.807) is 6.20 Å². The molecule has 2 heterocycles. The van der Waals surface area contributed by atoms with Crippen LogP contribution >= 0.6 is 0 Å². The fourth-order valence-corrected chi connectivity index (χ4v) is 4.34. The largest absolute Gasteiger partial charge is 0.378 e. The Labute approximate surface area is 164 Å². The van der Waals surface area contributed by atoms with Crippen LogP contribution < -0.4 is 5.32 Å². The zero-order valence-corrected chi connectivity index (χ0v) is 15.9. The molecule has 2 aromatic rings. The Balaban J connectivity index is 1.49. The number of amides is 1. The number of carbonyl (C=O) groups excluding carboxylic acids is 1. The smallest absolute Gasteiger partial charge is 0.226 e. The Morgan fingerprint density at radius 1 is 1.18 bits per heavy atom. The first-order chi connectivity index (χ1) is 13.7. The number of morpholine rings is 1. The van der Waals surface area contributed by atoms with Gasteiger partial charge in [0.25, 0.3) is 0 Å². The molecule has 0 spiro atoms. The first-order valence-electron chi connectivity index (χ1n) is 9.95. The normalized spacial score (nSPS) is 25.0. The molecule has 5 nitrogen and oxygen atoms in total. The van der Waals surface area contributed by atoms with E-state index in [-0.39, 0.29) is 29.6 Å². The summed E-state index contributed by atoms with van der Waals surface area (Å²) >= 11 is 0. The predicted octanol–water partition coefficient (Wildman–Crippen LogP) is 2.73. The van der Waals surface area contributed by atoms with Crippen LogP contribution in [0.4, 0.5) is 4.39 Å². The minimum absolute atomic E-state index is 0.0880. The van der Waals surface area contributed by atoms with Gasteiger partial charge in [0.1, 0.15) is 5.82 Å². The van der Waals surface area contributed by atoms with Crippen LogP contribution in [0.15, 0.2) is 48.8 Å². The van der Waals surface area contributed by atoms with Gasteiger partial charge in [0.05, 0.1) is 13.2 Å². The van der Waals surface area contributed by atoms with E-state index in [1.165, 1.54) is 12.1 Å². The van der Waals surface area contributed by atoms with Crippen LogP contribution in [0.25, 0.3) is 0 Å². The van der Waals surface area contributed by atoms with Gasteiger partial charge in [-0.15, -0.1) is 0 Å². The molecular weight excluding hydrogens is 357 g/mol. The SMILES string of the molecule is O=C([C@H]1C[C@@H](NCc2cccnc2)C[C@@H]1c1ccc(F)cc1)N1CCOCC1. The molecule has 3 atom stereocenters. The third kappa shape index (κ3) is 4.39. The van der Waals surface area contributed by atoms with Gasteiger partial charge < -0.3 is 15.0 Å². The summed E-state index contributed by atoms with van der Waals surface area (Å²) in [6.07, 6.45) is 5.28. The first kappa shape index (κ1) is 19.0. The fraction of sp³-hybridized carbons (Fsp3) is 0.455. The average molecular weight is 383 g/mol. The lowest BCUT2D eigenvalue weighted by molar-refractivity contribution is -0.140. The number of nitrogens with zero attached hydrogens (tertiary/aromatic N) is 2. The maximum Gasteiger partial charge on any atom is 0.226 e. The summed E-state index contributed by atoms with van der Waals surface area (Å²) in [5.41, 5.74) is 2.17. The number of hydrogen-bond donors (Lipinski definition) is 1. The fourth-order valence-electron chi connectivity index (χ4n) is 4.34. The molecule has 0 radical (unpaired) electrons. The summed E-state index contributed by atoms with van der Waals surface area (Å²) in [7, 11) is 0. The van der Waals surface area contributed by atoms with Gasteiger partial charge in [-0.3, -0.25) is 9.78 Å². The predicted molar refractivity (Wildman–Crippen MR) is 104 cm³/mol. The molecule has 1 saturated heterocycles. The maximum atomic E-state index is 13.4. The van der Waals surface area contributed by atoms with Crippen molar-refractivity contribution in [3.05, 3.63) is 65.7 Å². The molecule has 1 N–H and O–H groups in total. The number of halogens is 1. The van der Waals surface area contributed by atoms with Crippen LogP contribution in [0.2, 0.25) is 0 Å². The van der Waals surface area contributed by atoms with Crippen LogP contribution in [0.5, 0.6) is 0 Å². The Kier molecular flexibility index (Phi) is 5.98. The number of carbonyl (C=O) groups is 1. The quantitative estimate of drug-likeness (QED) is 0.863. The van der Waals surface area contributed by atoms with E-state index in [0.29, 0.717) is 26.3 Å². The minimum atomic E-state index is -0.246. The van der Waals surface area contributed by atoms with Crippen molar-refractivity contribution in [3.63, 3.8) is 0 Å². The van der Waals surface area contributed by atoms with Crippen molar-refractivity contribution in [2.45, 2.75) is 31.3 Å². The van der Waals surface area contributed by atoms with E-state index in [2.05, 4.69) is 10.3 Å². The van der Waals surface area contributed by atoms with Crippen molar-refractivity contribution in [2.75, 3.05) is 26.3 Å². The van der Waals surface area contributed by atoms with Gasteiger partial charge in [0.2, 0.25) is 5.91 Å². The Bertz CT molecular complexity index is 778. The summed E-state index contributed by atoms with van der Waals surface area (Å²) in [6.45, 7) is 3.23. The van der Waals surface area contributed by atoms with Crippen molar-refractivity contribution in [2.24, 2.45) is 5.92 Å². The molecular formula is C22H26FN3O2. The lowest BCUT2D eigenvalue weighted by Gasteiger charge is -2.31. The molecule has 1 saturated carbocycles. The number of benzene rings is 1. The van der Waals surface area contributed by atoms with E-state index >= 15 is 0 Å². The van der Waals surface area contributed by atoms with E-state index < -0.39 is 0 Å². The van der Waals surface area contributed by atoms with Gasteiger partial charge in [-0.25, -0.2) is 4.39 Å². The molecule has 4 rings (SSSR count). The number of hydrogen-bond acceptors (Lipinski definition) is 4. The Morgan fingerprint density at radius 2 is 1.96 bits per heavy atom. The molecule has 1 amide bonds. The Morgan fingerprint density at radius 3 is 2.68 bits per heavy atom. The van der Waals surface area contributed by atoms with Crippen LogP contribution in [0.3, 0.4) is 0 Å². The summed E-state index contributed by atoms with van der Waals surface area (Å²) in [5, 5.41) is 3.59. The molecule has 28 heavy (non-hydrogen) atoms. The van der Waals surface area contributed by atoms with Gasteiger partial charge in [0, 0.05) is 44.0 Å². The minimum Gasteiger partial charge on any atom is -0.378 e. The molecule has 148 valence electrons. The number of ether oxygens (including phenoxy) is 1. The molecule has 1 aromatic carbocycles. The van der Waals surface area contributed by atoms with Gasteiger partial charge in [-0.05, 0) is 48.1 Å². The van der Waals surface area contributed by atoms with Crippen LogP contribution in [0.1, 0.15) is 29.9 Å². The van der Waals surface area contributed by atoms with Gasteiger partial charge >= 0.3 is 0 Å². The molecule has 6 heteroatoms. The van der Waals surface area contributed by atoms with Gasteiger partial charge in [-0.2, -0.15) is 0 Å². The highest BCUT2D eigenvalue weighted by Crippen LogP contribution is 2.41.